The van der Waals surface area contributed by atoms with Crippen LogP contribution in [0.3, 0.4) is 0 Å². The van der Waals surface area contributed by atoms with Crippen LogP contribution in [0.1, 0.15) is 59.6 Å². The Morgan fingerprint density at radius 3 is 2.57 bits per heavy atom. The summed E-state index contributed by atoms with van der Waals surface area (Å²) in [4.78, 5) is 15.5. The molecule has 1 aliphatic heterocycles. The number of piperidine rings is 1. The normalized spacial score (nSPS) is 27.2. The Kier molecular flexibility index (Phi) is 5.15. The lowest BCUT2D eigenvalue weighted by molar-refractivity contribution is -0.115. The summed E-state index contributed by atoms with van der Waals surface area (Å²) in [6.07, 6.45) is 4.60. The molecule has 28 heavy (non-hydrogen) atoms. The van der Waals surface area contributed by atoms with E-state index in [-0.39, 0.29) is 17.9 Å². The Labute approximate surface area is 167 Å². The van der Waals surface area contributed by atoms with Gasteiger partial charge in [-0.25, -0.2) is 0 Å². The van der Waals surface area contributed by atoms with Crippen LogP contribution in [0.15, 0.2) is 48.5 Å². The van der Waals surface area contributed by atoms with Gasteiger partial charge in [-0.2, -0.15) is 0 Å². The molecule has 4 nitrogen and oxygen atoms in total. The van der Waals surface area contributed by atoms with Gasteiger partial charge in [-0.1, -0.05) is 43.2 Å². The molecule has 1 saturated carbocycles. The maximum absolute atomic E-state index is 13.5. The van der Waals surface area contributed by atoms with Crippen molar-refractivity contribution in [1.82, 2.24) is 4.90 Å². The first-order chi connectivity index (χ1) is 13.5. The number of benzene rings is 2. The molecule has 148 valence electrons. The summed E-state index contributed by atoms with van der Waals surface area (Å²) >= 11 is 0. The van der Waals surface area contributed by atoms with Crippen LogP contribution >= 0.6 is 0 Å². The number of rotatable bonds is 3. The molecule has 1 N–H and O–H groups in total. The number of ether oxygens (including phenoxy) is 1. The maximum atomic E-state index is 13.5. The minimum Gasteiger partial charge on any atom is -0.497 e. The van der Waals surface area contributed by atoms with Gasteiger partial charge >= 0.3 is 0 Å². The number of carbonyl (C=O) groups is 1. The van der Waals surface area contributed by atoms with Gasteiger partial charge in [-0.15, -0.1) is 0 Å². The molecule has 1 heterocycles. The molecule has 3 atom stereocenters. The largest absolute Gasteiger partial charge is 0.497 e. The van der Waals surface area contributed by atoms with Gasteiger partial charge in [0.15, 0.2) is 0 Å². The fourth-order valence-electron chi connectivity index (χ4n) is 5.09. The van der Waals surface area contributed by atoms with Gasteiger partial charge < -0.3 is 14.7 Å². The van der Waals surface area contributed by atoms with Gasteiger partial charge in [0, 0.05) is 18.0 Å². The third kappa shape index (κ3) is 3.30. The molecule has 1 saturated heterocycles. The second kappa shape index (κ2) is 7.59. The van der Waals surface area contributed by atoms with Crippen LogP contribution in [-0.2, 0) is 0 Å². The minimum absolute atomic E-state index is 0.0616. The van der Waals surface area contributed by atoms with E-state index in [1.54, 1.807) is 7.11 Å². The number of hydrogen-bond acceptors (Lipinski definition) is 3. The van der Waals surface area contributed by atoms with Crippen molar-refractivity contribution in [2.24, 2.45) is 5.92 Å². The predicted octanol–water partition coefficient (Wildman–Crippen LogP) is 4.51. The number of hydrogen-bond donors (Lipinski definition) is 1. The fourth-order valence-corrected chi connectivity index (χ4v) is 5.09. The topological polar surface area (TPSA) is 49.8 Å². The molecule has 2 aliphatic rings. The second-order valence-electron chi connectivity index (χ2n) is 8.24. The average Bonchev–Trinajstić information content (AvgIpc) is 2.72. The van der Waals surface area contributed by atoms with E-state index in [9.17, 15) is 9.90 Å². The Morgan fingerprint density at radius 1 is 1.11 bits per heavy atom. The highest BCUT2D eigenvalue weighted by Crippen LogP contribution is 2.49. The van der Waals surface area contributed by atoms with Crippen LogP contribution in [0.2, 0.25) is 0 Å². The highest BCUT2D eigenvalue weighted by atomic mass is 16.5. The summed E-state index contributed by atoms with van der Waals surface area (Å²) < 4.78 is 5.31. The molecular formula is C24H29NO3. The lowest BCUT2D eigenvalue weighted by atomic mass is 9.66. The zero-order valence-corrected chi connectivity index (χ0v) is 16.7. The van der Waals surface area contributed by atoms with Crippen LogP contribution in [0.5, 0.6) is 5.75 Å². The number of aliphatic hydroxyl groups is 1. The Hall–Kier alpha value is -2.33. The van der Waals surface area contributed by atoms with Crippen molar-refractivity contribution in [1.29, 1.82) is 0 Å². The molecule has 2 aromatic carbocycles. The Morgan fingerprint density at radius 2 is 1.86 bits per heavy atom. The van der Waals surface area contributed by atoms with Gasteiger partial charge in [0.25, 0.3) is 5.91 Å². The average molecular weight is 380 g/mol. The van der Waals surface area contributed by atoms with Crippen LogP contribution in [-0.4, -0.2) is 35.2 Å². The second-order valence-corrected chi connectivity index (χ2v) is 8.24. The van der Waals surface area contributed by atoms with Crippen molar-refractivity contribution in [3.8, 4) is 5.75 Å². The molecule has 2 fully saturated rings. The number of likely N-dealkylation sites (tertiary alicyclic amines) is 1. The Balaban J connectivity index is 1.75. The summed E-state index contributed by atoms with van der Waals surface area (Å²) in [7, 11) is 1.66. The van der Waals surface area contributed by atoms with E-state index in [1.165, 1.54) is 0 Å². The highest BCUT2D eigenvalue weighted by Gasteiger charge is 2.50. The third-order valence-corrected chi connectivity index (χ3v) is 6.66. The van der Waals surface area contributed by atoms with Crippen molar-refractivity contribution < 1.29 is 14.6 Å². The van der Waals surface area contributed by atoms with Gasteiger partial charge in [0.05, 0.1) is 18.8 Å². The van der Waals surface area contributed by atoms with Gasteiger partial charge in [0.2, 0.25) is 0 Å². The number of amides is 1. The quantitative estimate of drug-likeness (QED) is 0.853. The molecule has 4 heteroatoms. The molecule has 0 bridgehead atoms. The van der Waals surface area contributed by atoms with E-state index >= 15 is 0 Å². The number of nitrogens with zero attached hydrogens (tertiary/aromatic N) is 1. The molecule has 0 spiro atoms. The fraction of sp³-hybridized carbons (Fsp3) is 0.458. The smallest absolute Gasteiger partial charge is 0.254 e. The first-order valence-electron chi connectivity index (χ1n) is 10.3. The zero-order valence-electron chi connectivity index (χ0n) is 16.7. The van der Waals surface area contributed by atoms with Crippen molar-refractivity contribution in [3.63, 3.8) is 0 Å². The standard InChI is InChI=1S/C24H29NO3/c1-17-7-3-4-8-20(17)23(26)25-16-15-24(27)14-6-5-9-21(24)22(25)18-10-12-19(28-2)13-11-18/h3-4,7-8,10-13,21-22,27H,5-6,9,14-16H2,1-2H3. The van der Waals surface area contributed by atoms with Gasteiger partial charge in [-0.3, -0.25) is 4.79 Å². The summed E-state index contributed by atoms with van der Waals surface area (Å²) in [6.45, 7) is 2.56. The maximum Gasteiger partial charge on any atom is 0.254 e. The molecule has 0 radical (unpaired) electrons. The van der Waals surface area contributed by atoms with E-state index in [2.05, 4.69) is 0 Å². The first-order valence-corrected chi connectivity index (χ1v) is 10.3. The number of carbonyl (C=O) groups excluding carboxylic acids is 1. The van der Waals surface area contributed by atoms with E-state index in [4.69, 9.17) is 4.74 Å². The third-order valence-electron chi connectivity index (χ3n) is 6.66. The molecule has 1 amide bonds. The lowest BCUT2D eigenvalue weighted by Gasteiger charge is -2.52. The van der Waals surface area contributed by atoms with Gasteiger partial charge in [0.1, 0.15) is 5.75 Å². The summed E-state index contributed by atoms with van der Waals surface area (Å²) in [5.74, 6) is 0.929. The van der Waals surface area contributed by atoms with Crippen molar-refractivity contribution in [2.45, 2.75) is 50.7 Å². The van der Waals surface area contributed by atoms with Gasteiger partial charge in [-0.05, 0) is 55.5 Å². The van der Waals surface area contributed by atoms with E-state index < -0.39 is 5.60 Å². The molecule has 0 aromatic heterocycles. The van der Waals surface area contributed by atoms with Crippen molar-refractivity contribution >= 4 is 5.91 Å². The zero-order chi connectivity index (χ0) is 19.7. The monoisotopic (exact) mass is 379 g/mol. The van der Waals surface area contributed by atoms with Crippen LogP contribution in [0.4, 0.5) is 0 Å². The predicted molar refractivity (Wildman–Crippen MR) is 109 cm³/mol. The van der Waals surface area contributed by atoms with E-state index in [0.717, 1.165) is 48.1 Å². The van der Waals surface area contributed by atoms with E-state index in [0.29, 0.717) is 13.0 Å². The molecular weight excluding hydrogens is 350 g/mol. The Bertz CT molecular complexity index is 847. The number of aryl methyl sites for hydroxylation is 1. The van der Waals surface area contributed by atoms with Crippen LogP contribution < -0.4 is 4.74 Å². The summed E-state index contributed by atoms with van der Waals surface area (Å²) in [6, 6.07) is 15.6. The first kappa shape index (κ1) is 19.0. The highest BCUT2D eigenvalue weighted by molar-refractivity contribution is 5.96. The van der Waals surface area contributed by atoms with E-state index in [1.807, 2.05) is 60.4 Å². The van der Waals surface area contributed by atoms with Crippen molar-refractivity contribution in [2.75, 3.05) is 13.7 Å². The molecule has 1 aliphatic carbocycles. The van der Waals surface area contributed by atoms with Crippen molar-refractivity contribution in [3.05, 3.63) is 65.2 Å². The number of methoxy groups -OCH3 is 1. The summed E-state index contributed by atoms with van der Waals surface area (Å²) in [5, 5.41) is 11.4. The van der Waals surface area contributed by atoms with Crippen LogP contribution in [0.25, 0.3) is 0 Å². The molecule has 4 rings (SSSR count). The number of fused-ring (bicyclic) bond motifs is 1. The van der Waals surface area contributed by atoms with Crippen LogP contribution in [0, 0.1) is 12.8 Å². The minimum atomic E-state index is -0.675. The lowest BCUT2D eigenvalue weighted by Crippen LogP contribution is -2.56. The molecule has 2 aromatic rings. The molecule has 3 unspecified atom stereocenters. The summed E-state index contributed by atoms with van der Waals surface area (Å²) in [5.41, 5.74) is 2.14. The SMILES string of the molecule is COc1ccc(C2C3CCCCC3(O)CCN2C(=O)c2ccccc2C)cc1.